The standard InChI is InChI=1S/C22H15Cl2N3OS/c23-16-10-17(24)12-18(11-16)26-21(28)20(14-6-2-1-3-7-14)29-22-19-9-5-4-8-15(19)13-25-27-22/h1-13,20H,(H,26,28). The van der Waals surface area contributed by atoms with Crippen LogP contribution in [0.3, 0.4) is 0 Å². The van der Waals surface area contributed by atoms with Crippen LogP contribution in [0.1, 0.15) is 10.8 Å². The van der Waals surface area contributed by atoms with Crippen molar-refractivity contribution in [2.24, 2.45) is 0 Å². The Labute approximate surface area is 182 Å². The van der Waals surface area contributed by atoms with Crippen molar-refractivity contribution < 1.29 is 4.79 Å². The molecule has 0 aliphatic carbocycles. The highest BCUT2D eigenvalue weighted by Gasteiger charge is 2.24. The molecule has 0 saturated heterocycles. The molecule has 1 amide bonds. The zero-order valence-corrected chi connectivity index (χ0v) is 17.4. The van der Waals surface area contributed by atoms with E-state index in [4.69, 9.17) is 23.2 Å². The van der Waals surface area contributed by atoms with E-state index in [-0.39, 0.29) is 5.91 Å². The first-order chi connectivity index (χ1) is 14.1. The number of nitrogens with one attached hydrogen (secondary N) is 1. The van der Waals surface area contributed by atoms with Gasteiger partial charge in [-0.15, -0.1) is 5.10 Å². The number of nitrogens with zero attached hydrogens (tertiary/aromatic N) is 2. The molecule has 144 valence electrons. The quantitative estimate of drug-likeness (QED) is 0.365. The number of carbonyl (C=O) groups is 1. The van der Waals surface area contributed by atoms with Gasteiger partial charge in [0.1, 0.15) is 10.3 Å². The van der Waals surface area contributed by atoms with Crippen molar-refractivity contribution in [3.05, 3.63) is 94.6 Å². The molecule has 0 fully saturated rings. The Kier molecular flexibility index (Phi) is 6.00. The van der Waals surface area contributed by atoms with Crippen LogP contribution in [0.25, 0.3) is 10.8 Å². The lowest BCUT2D eigenvalue weighted by molar-refractivity contribution is -0.115. The van der Waals surface area contributed by atoms with Crippen molar-refractivity contribution in [3.63, 3.8) is 0 Å². The molecule has 7 heteroatoms. The third-order valence-electron chi connectivity index (χ3n) is 4.24. The molecule has 1 aromatic heterocycles. The maximum atomic E-state index is 13.2. The van der Waals surface area contributed by atoms with Gasteiger partial charge in [-0.3, -0.25) is 4.79 Å². The van der Waals surface area contributed by atoms with E-state index in [1.807, 2.05) is 54.6 Å². The summed E-state index contributed by atoms with van der Waals surface area (Å²) in [5.41, 5.74) is 1.40. The van der Waals surface area contributed by atoms with Crippen molar-refractivity contribution in [2.75, 3.05) is 5.32 Å². The number of fused-ring (bicyclic) bond motifs is 1. The molecule has 1 unspecified atom stereocenters. The molecule has 29 heavy (non-hydrogen) atoms. The van der Waals surface area contributed by atoms with E-state index in [1.165, 1.54) is 11.8 Å². The number of hydrogen-bond donors (Lipinski definition) is 1. The van der Waals surface area contributed by atoms with Gasteiger partial charge in [-0.1, -0.05) is 89.6 Å². The second-order valence-corrected chi connectivity index (χ2v) is 8.26. The van der Waals surface area contributed by atoms with Crippen LogP contribution in [0.2, 0.25) is 10.0 Å². The first-order valence-corrected chi connectivity index (χ1v) is 10.4. The van der Waals surface area contributed by atoms with Crippen molar-refractivity contribution in [3.8, 4) is 0 Å². The fraction of sp³-hybridized carbons (Fsp3) is 0.0455. The smallest absolute Gasteiger partial charge is 0.242 e. The number of benzene rings is 3. The normalized spacial score (nSPS) is 11.9. The van der Waals surface area contributed by atoms with Gasteiger partial charge in [0.25, 0.3) is 0 Å². The number of thioether (sulfide) groups is 1. The van der Waals surface area contributed by atoms with Gasteiger partial charge in [0.15, 0.2) is 0 Å². The fourth-order valence-electron chi connectivity index (χ4n) is 2.93. The average Bonchev–Trinajstić information content (AvgIpc) is 2.72. The van der Waals surface area contributed by atoms with E-state index in [1.54, 1.807) is 24.4 Å². The van der Waals surface area contributed by atoms with E-state index in [9.17, 15) is 4.79 Å². The molecule has 1 heterocycles. The van der Waals surface area contributed by atoms with Crippen LogP contribution >= 0.6 is 35.0 Å². The van der Waals surface area contributed by atoms with Crippen LogP contribution in [0.4, 0.5) is 5.69 Å². The lowest BCUT2D eigenvalue weighted by Crippen LogP contribution is -2.19. The highest BCUT2D eigenvalue weighted by Crippen LogP contribution is 2.38. The van der Waals surface area contributed by atoms with Gasteiger partial charge >= 0.3 is 0 Å². The van der Waals surface area contributed by atoms with Gasteiger partial charge in [0, 0.05) is 26.5 Å². The highest BCUT2D eigenvalue weighted by atomic mass is 35.5. The Hall–Kier alpha value is -2.60. The molecule has 1 N–H and O–H groups in total. The minimum absolute atomic E-state index is 0.200. The predicted octanol–water partition coefficient (Wildman–Crippen LogP) is 6.41. The Balaban J connectivity index is 1.69. The Bertz CT molecular complexity index is 1150. The van der Waals surface area contributed by atoms with E-state index >= 15 is 0 Å². The summed E-state index contributed by atoms with van der Waals surface area (Å²) in [5.74, 6) is -0.200. The van der Waals surface area contributed by atoms with Crippen molar-refractivity contribution in [1.29, 1.82) is 0 Å². The third kappa shape index (κ3) is 4.70. The Morgan fingerprint density at radius 3 is 2.38 bits per heavy atom. The molecule has 0 spiro atoms. The molecule has 1 atom stereocenters. The second-order valence-electron chi connectivity index (χ2n) is 6.29. The third-order valence-corrected chi connectivity index (χ3v) is 5.92. The zero-order valence-electron chi connectivity index (χ0n) is 15.0. The average molecular weight is 440 g/mol. The van der Waals surface area contributed by atoms with E-state index in [0.717, 1.165) is 16.3 Å². The molecule has 4 aromatic rings. The second kappa shape index (κ2) is 8.82. The van der Waals surface area contributed by atoms with Gasteiger partial charge in [0.2, 0.25) is 5.91 Å². The lowest BCUT2D eigenvalue weighted by atomic mass is 10.1. The molecule has 0 saturated carbocycles. The number of halogens is 2. The molecule has 0 radical (unpaired) electrons. The predicted molar refractivity (Wildman–Crippen MR) is 120 cm³/mol. The number of carbonyl (C=O) groups excluding carboxylic acids is 1. The summed E-state index contributed by atoms with van der Waals surface area (Å²) < 4.78 is 0. The molecule has 4 rings (SSSR count). The summed E-state index contributed by atoms with van der Waals surface area (Å²) in [6, 6.07) is 22.3. The van der Waals surface area contributed by atoms with E-state index < -0.39 is 5.25 Å². The van der Waals surface area contributed by atoms with Crippen LogP contribution in [-0.4, -0.2) is 16.1 Å². The first-order valence-electron chi connectivity index (χ1n) is 8.79. The number of amides is 1. The maximum Gasteiger partial charge on any atom is 0.242 e. The number of anilines is 1. The minimum Gasteiger partial charge on any atom is -0.325 e. The molecule has 0 bridgehead atoms. The SMILES string of the molecule is O=C(Nc1cc(Cl)cc(Cl)c1)C(Sc1nncc2ccccc12)c1ccccc1. The molecule has 4 nitrogen and oxygen atoms in total. The van der Waals surface area contributed by atoms with Gasteiger partial charge < -0.3 is 5.32 Å². The molecule has 0 aliphatic rings. The van der Waals surface area contributed by atoms with Crippen LogP contribution in [-0.2, 0) is 4.79 Å². The number of rotatable bonds is 5. The van der Waals surface area contributed by atoms with Crippen LogP contribution in [0.15, 0.2) is 84.0 Å². The molecule has 0 aliphatic heterocycles. The van der Waals surface area contributed by atoms with Gasteiger partial charge in [0.05, 0.1) is 6.20 Å². The van der Waals surface area contributed by atoms with Gasteiger partial charge in [-0.25, -0.2) is 0 Å². The summed E-state index contributed by atoms with van der Waals surface area (Å²) in [6.45, 7) is 0. The topological polar surface area (TPSA) is 54.9 Å². The number of hydrogen-bond acceptors (Lipinski definition) is 4. The van der Waals surface area contributed by atoms with Crippen LogP contribution in [0.5, 0.6) is 0 Å². The maximum absolute atomic E-state index is 13.2. The summed E-state index contributed by atoms with van der Waals surface area (Å²) in [5, 5.41) is 14.3. The van der Waals surface area contributed by atoms with E-state index in [2.05, 4.69) is 15.5 Å². The number of aromatic nitrogens is 2. The largest absolute Gasteiger partial charge is 0.325 e. The van der Waals surface area contributed by atoms with Crippen LogP contribution in [0, 0.1) is 0 Å². The summed E-state index contributed by atoms with van der Waals surface area (Å²) in [7, 11) is 0. The lowest BCUT2D eigenvalue weighted by Gasteiger charge is -2.17. The first kappa shape index (κ1) is 19.7. The van der Waals surface area contributed by atoms with Crippen molar-refractivity contribution >= 4 is 57.3 Å². The Morgan fingerprint density at radius 1 is 0.931 bits per heavy atom. The minimum atomic E-state index is -0.533. The summed E-state index contributed by atoms with van der Waals surface area (Å²) >= 11 is 13.5. The van der Waals surface area contributed by atoms with E-state index in [0.29, 0.717) is 20.8 Å². The zero-order chi connectivity index (χ0) is 20.2. The van der Waals surface area contributed by atoms with Crippen LogP contribution < -0.4 is 5.32 Å². The summed E-state index contributed by atoms with van der Waals surface area (Å²) in [4.78, 5) is 13.2. The summed E-state index contributed by atoms with van der Waals surface area (Å²) in [6.07, 6.45) is 1.71. The molecular weight excluding hydrogens is 425 g/mol. The molecule has 3 aromatic carbocycles. The van der Waals surface area contributed by atoms with Crippen molar-refractivity contribution in [2.45, 2.75) is 10.3 Å². The highest BCUT2D eigenvalue weighted by molar-refractivity contribution is 8.00. The monoisotopic (exact) mass is 439 g/mol. The Morgan fingerprint density at radius 2 is 1.62 bits per heavy atom. The molecular formula is C22H15Cl2N3OS. The van der Waals surface area contributed by atoms with Gasteiger partial charge in [-0.05, 0) is 23.8 Å². The van der Waals surface area contributed by atoms with Crippen molar-refractivity contribution in [1.82, 2.24) is 10.2 Å². The fourth-order valence-corrected chi connectivity index (χ4v) is 4.55. The van der Waals surface area contributed by atoms with Gasteiger partial charge in [-0.2, -0.15) is 5.10 Å².